The lowest BCUT2D eigenvalue weighted by molar-refractivity contribution is -0.121. The van der Waals surface area contributed by atoms with Gasteiger partial charge in [0.1, 0.15) is 0 Å². The summed E-state index contributed by atoms with van der Waals surface area (Å²) in [5.74, 6) is 0.981. The van der Waals surface area contributed by atoms with Gasteiger partial charge < -0.3 is 9.84 Å². The Morgan fingerprint density at radius 1 is 1.17 bits per heavy atom. The van der Waals surface area contributed by atoms with Crippen molar-refractivity contribution in [2.75, 3.05) is 13.1 Å². The summed E-state index contributed by atoms with van der Waals surface area (Å²) in [4.78, 5) is 19.1. The van der Waals surface area contributed by atoms with Gasteiger partial charge in [-0.2, -0.15) is 4.98 Å². The molecule has 1 N–H and O–H groups in total. The number of carbonyl (C=O) groups excluding carboxylic acids is 1. The van der Waals surface area contributed by atoms with Crippen LogP contribution in [0.15, 0.2) is 59.1 Å². The molecule has 1 aliphatic heterocycles. The molecule has 4 rings (SSSR count). The number of amides is 1. The number of halogens is 1. The predicted octanol–water partition coefficient (Wildman–Crippen LogP) is 3.71. The number of aryl methyl sites for hydroxylation is 1. The predicted molar refractivity (Wildman–Crippen MR) is 111 cm³/mol. The molecule has 0 spiro atoms. The Hall–Kier alpha value is -2.70. The molecule has 6 nitrogen and oxygen atoms in total. The van der Waals surface area contributed by atoms with E-state index in [9.17, 15) is 4.79 Å². The number of aromatic nitrogens is 2. The molecule has 150 valence electrons. The summed E-state index contributed by atoms with van der Waals surface area (Å²) in [6.45, 7) is 2.79. The molecule has 2 heterocycles. The van der Waals surface area contributed by atoms with Crippen molar-refractivity contribution in [3.63, 3.8) is 0 Å². The molecule has 0 aliphatic carbocycles. The fraction of sp³-hybridized carbons (Fsp3) is 0.318. The summed E-state index contributed by atoms with van der Waals surface area (Å²) in [6.07, 6.45) is 1.73. The van der Waals surface area contributed by atoms with Crippen LogP contribution in [-0.2, 0) is 17.8 Å². The van der Waals surface area contributed by atoms with Gasteiger partial charge in [0.15, 0.2) is 0 Å². The van der Waals surface area contributed by atoms with E-state index in [1.165, 1.54) is 5.56 Å². The monoisotopic (exact) mass is 410 g/mol. The van der Waals surface area contributed by atoms with E-state index in [1.54, 1.807) is 12.1 Å². The molecular formula is C22H23ClN4O2. The maximum Gasteiger partial charge on any atom is 0.227 e. The van der Waals surface area contributed by atoms with E-state index in [1.807, 2.05) is 18.2 Å². The van der Waals surface area contributed by atoms with E-state index in [0.717, 1.165) is 31.6 Å². The van der Waals surface area contributed by atoms with Gasteiger partial charge in [0.2, 0.25) is 17.6 Å². The first-order chi connectivity index (χ1) is 14.2. The van der Waals surface area contributed by atoms with E-state index in [0.29, 0.717) is 29.6 Å². The zero-order valence-electron chi connectivity index (χ0n) is 16.1. The first-order valence-corrected chi connectivity index (χ1v) is 10.2. The van der Waals surface area contributed by atoms with Gasteiger partial charge in [-0.3, -0.25) is 9.69 Å². The quantitative estimate of drug-likeness (QED) is 0.642. The van der Waals surface area contributed by atoms with Crippen LogP contribution in [0.4, 0.5) is 0 Å². The minimum atomic E-state index is 0.0165. The Balaban J connectivity index is 1.22. The van der Waals surface area contributed by atoms with E-state index in [-0.39, 0.29) is 11.9 Å². The third kappa shape index (κ3) is 5.43. The number of nitrogens with one attached hydrogen (secondary N) is 1. The number of likely N-dealkylation sites (tertiary alicyclic amines) is 1. The molecule has 7 heteroatoms. The number of hydrogen-bond acceptors (Lipinski definition) is 5. The lowest BCUT2D eigenvalue weighted by Crippen LogP contribution is -2.37. The number of hydrogen-bond donors (Lipinski definition) is 1. The topological polar surface area (TPSA) is 71.3 Å². The van der Waals surface area contributed by atoms with E-state index in [4.69, 9.17) is 16.1 Å². The van der Waals surface area contributed by atoms with Gasteiger partial charge in [0, 0.05) is 49.1 Å². The zero-order chi connectivity index (χ0) is 20.1. The summed E-state index contributed by atoms with van der Waals surface area (Å²) in [6, 6.07) is 17.8. The van der Waals surface area contributed by atoms with Gasteiger partial charge in [-0.1, -0.05) is 47.1 Å². The lowest BCUT2D eigenvalue weighted by Gasteiger charge is -2.16. The van der Waals surface area contributed by atoms with Crippen LogP contribution in [-0.4, -0.2) is 40.1 Å². The fourth-order valence-corrected chi connectivity index (χ4v) is 3.65. The fourth-order valence-electron chi connectivity index (χ4n) is 3.53. The Bertz CT molecular complexity index is 943. The van der Waals surface area contributed by atoms with Gasteiger partial charge in [-0.05, 0) is 36.2 Å². The van der Waals surface area contributed by atoms with Crippen LogP contribution in [0.5, 0.6) is 0 Å². The van der Waals surface area contributed by atoms with Crippen molar-refractivity contribution < 1.29 is 9.32 Å². The Morgan fingerprint density at radius 3 is 2.76 bits per heavy atom. The highest BCUT2D eigenvalue weighted by atomic mass is 35.5. The van der Waals surface area contributed by atoms with E-state index >= 15 is 0 Å². The van der Waals surface area contributed by atoms with Crippen LogP contribution in [0.3, 0.4) is 0 Å². The molecule has 29 heavy (non-hydrogen) atoms. The second kappa shape index (κ2) is 9.20. The van der Waals surface area contributed by atoms with E-state index < -0.39 is 0 Å². The molecule has 1 aliphatic rings. The van der Waals surface area contributed by atoms with Crippen LogP contribution in [0.2, 0.25) is 5.02 Å². The smallest absolute Gasteiger partial charge is 0.227 e. The Kier molecular flexibility index (Phi) is 6.22. The van der Waals surface area contributed by atoms with Crippen molar-refractivity contribution in [3.8, 4) is 11.4 Å². The highest BCUT2D eigenvalue weighted by molar-refractivity contribution is 6.30. The van der Waals surface area contributed by atoms with Gasteiger partial charge in [0.25, 0.3) is 0 Å². The summed E-state index contributed by atoms with van der Waals surface area (Å²) in [5.41, 5.74) is 2.13. The van der Waals surface area contributed by atoms with Crippen LogP contribution in [0.1, 0.15) is 24.3 Å². The third-order valence-corrected chi connectivity index (χ3v) is 5.27. The maximum atomic E-state index is 12.3. The number of benzene rings is 2. The number of rotatable bonds is 7. The average molecular weight is 411 g/mol. The van der Waals surface area contributed by atoms with Gasteiger partial charge in [0.05, 0.1) is 0 Å². The second-order valence-corrected chi connectivity index (χ2v) is 7.73. The van der Waals surface area contributed by atoms with Crippen molar-refractivity contribution in [1.29, 1.82) is 0 Å². The highest BCUT2D eigenvalue weighted by Crippen LogP contribution is 2.19. The molecule has 0 bridgehead atoms. The molecule has 1 unspecified atom stereocenters. The SMILES string of the molecule is O=C(CCc1nc(-c2ccc(Cl)cc2)no1)NC1CCN(Cc2ccccc2)C1. The summed E-state index contributed by atoms with van der Waals surface area (Å²) in [7, 11) is 0. The normalized spacial score (nSPS) is 16.8. The Morgan fingerprint density at radius 2 is 1.97 bits per heavy atom. The van der Waals surface area contributed by atoms with Crippen molar-refractivity contribution in [3.05, 3.63) is 71.1 Å². The first kappa shape index (κ1) is 19.6. The molecule has 1 amide bonds. The van der Waals surface area contributed by atoms with Crippen molar-refractivity contribution in [1.82, 2.24) is 20.4 Å². The molecule has 0 saturated carbocycles. The molecule has 2 aromatic carbocycles. The standard InChI is InChI=1S/C22H23ClN4O2/c23-18-8-6-17(7-9-18)22-25-21(29-26-22)11-10-20(28)24-19-12-13-27(15-19)14-16-4-2-1-3-5-16/h1-9,19H,10-15H2,(H,24,28). The van der Waals surface area contributed by atoms with Gasteiger partial charge in [-0.15, -0.1) is 0 Å². The third-order valence-electron chi connectivity index (χ3n) is 5.02. The molecule has 1 atom stereocenters. The molecule has 1 aromatic heterocycles. The maximum absolute atomic E-state index is 12.3. The lowest BCUT2D eigenvalue weighted by atomic mass is 10.2. The van der Waals surface area contributed by atoms with Crippen molar-refractivity contribution >= 4 is 17.5 Å². The molecular weight excluding hydrogens is 388 g/mol. The van der Waals surface area contributed by atoms with E-state index in [2.05, 4.69) is 44.6 Å². The first-order valence-electron chi connectivity index (χ1n) is 9.80. The summed E-state index contributed by atoms with van der Waals surface area (Å²) >= 11 is 5.90. The summed E-state index contributed by atoms with van der Waals surface area (Å²) in [5, 5.41) is 7.76. The zero-order valence-corrected chi connectivity index (χ0v) is 16.8. The number of nitrogens with zero attached hydrogens (tertiary/aromatic N) is 3. The number of carbonyl (C=O) groups is 1. The van der Waals surface area contributed by atoms with Gasteiger partial charge >= 0.3 is 0 Å². The molecule has 1 saturated heterocycles. The largest absolute Gasteiger partial charge is 0.352 e. The molecule has 0 radical (unpaired) electrons. The Labute approximate surface area is 174 Å². The molecule has 3 aromatic rings. The second-order valence-electron chi connectivity index (χ2n) is 7.29. The minimum Gasteiger partial charge on any atom is -0.352 e. The van der Waals surface area contributed by atoms with Crippen molar-refractivity contribution in [2.45, 2.75) is 31.8 Å². The van der Waals surface area contributed by atoms with Crippen LogP contribution in [0, 0.1) is 0 Å². The van der Waals surface area contributed by atoms with Crippen LogP contribution in [0.25, 0.3) is 11.4 Å². The van der Waals surface area contributed by atoms with Crippen molar-refractivity contribution in [2.24, 2.45) is 0 Å². The minimum absolute atomic E-state index is 0.0165. The highest BCUT2D eigenvalue weighted by Gasteiger charge is 2.24. The molecule has 1 fully saturated rings. The van der Waals surface area contributed by atoms with Crippen LogP contribution >= 0.6 is 11.6 Å². The van der Waals surface area contributed by atoms with Crippen LogP contribution < -0.4 is 5.32 Å². The summed E-state index contributed by atoms with van der Waals surface area (Å²) < 4.78 is 5.27. The van der Waals surface area contributed by atoms with Gasteiger partial charge in [-0.25, -0.2) is 0 Å². The average Bonchev–Trinajstić information content (AvgIpc) is 3.37.